The zero-order valence-electron chi connectivity index (χ0n) is 26.3. The highest BCUT2D eigenvalue weighted by Gasteiger charge is 2.34. The van der Waals surface area contributed by atoms with E-state index in [9.17, 15) is 19.5 Å². The first-order valence-electron chi connectivity index (χ1n) is 15.8. The molecule has 0 atom stereocenters. The largest absolute Gasteiger partial charge is 0.507 e. The van der Waals surface area contributed by atoms with Crippen LogP contribution in [-0.2, 0) is 4.79 Å². The number of anilines is 1. The van der Waals surface area contributed by atoms with E-state index < -0.39 is 16.7 Å². The van der Waals surface area contributed by atoms with E-state index in [-0.39, 0.29) is 36.0 Å². The molecular weight excluding hydrogens is 562 g/mol. The molecule has 1 aromatic carbocycles. The fraction of sp³-hybridized carbons (Fsp3) is 0.559. The highest BCUT2D eigenvalue weighted by atomic mass is 32.2. The van der Waals surface area contributed by atoms with Crippen molar-refractivity contribution in [3.8, 4) is 5.75 Å². The third-order valence-electron chi connectivity index (χ3n) is 7.16. The second kappa shape index (κ2) is 23.3. The summed E-state index contributed by atoms with van der Waals surface area (Å²) >= 11 is 1.74. The Bertz CT molecular complexity index is 1050. The number of allylic oxidation sites excluding steroid dienone is 6. The fourth-order valence-electron chi connectivity index (χ4n) is 4.48. The average Bonchev–Trinajstić information content (AvgIpc) is 2.99. The lowest BCUT2D eigenvalue weighted by Crippen LogP contribution is -2.46. The van der Waals surface area contributed by atoms with Crippen molar-refractivity contribution in [2.75, 3.05) is 24.2 Å². The van der Waals surface area contributed by atoms with E-state index in [0.717, 1.165) is 50.7 Å². The molecule has 0 saturated carbocycles. The first kappa shape index (κ1) is 37.8. The smallest absolute Gasteiger partial charge is 0.339 e. The summed E-state index contributed by atoms with van der Waals surface area (Å²) in [6.07, 6.45) is 26.4. The summed E-state index contributed by atoms with van der Waals surface area (Å²) in [6.45, 7) is 6.74. The van der Waals surface area contributed by atoms with Gasteiger partial charge >= 0.3 is 12.0 Å². The van der Waals surface area contributed by atoms with Crippen LogP contribution in [0.4, 0.5) is 10.5 Å². The molecular formula is C34H53N3O5S. The van der Waals surface area contributed by atoms with Gasteiger partial charge in [-0.2, -0.15) is 0 Å². The lowest BCUT2D eigenvalue weighted by atomic mass is 10.0. The number of aromatic hydroxyl groups is 1. The van der Waals surface area contributed by atoms with Gasteiger partial charge in [0.25, 0.3) is 0 Å². The molecule has 3 amide bonds. The molecule has 9 heteroatoms. The summed E-state index contributed by atoms with van der Waals surface area (Å²) in [5, 5.41) is 26.8. The van der Waals surface area contributed by atoms with E-state index in [4.69, 9.17) is 5.11 Å². The van der Waals surface area contributed by atoms with E-state index >= 15 is 0 Å². The zero-order chi connectivity index (χ0) is 31.8. The molecule has 1 rings (SSSR count). The third-order valence-corrected chi connectivity index (χ3v) is 8.97. The van der Waals surface area contributed by atoms with Crippen molar-refractivity contribution in [2.45, 2.75) is 103 Å². The zero-order valence-corrected chi connectivity index (χ0v) is 27.1. The van der Waals surface area contributed by atoms with Crippen LogP contribution in [0.2, 0.25) is 0 Å². The van der Waals surface area contributed by atoms with Crippen molar-refractivity contribution in [1.29, 1.82) is 0 Å². The van der Waals surface area contributed by atoms with E-state index in [1.807, 2.05) is 13.8 Å². The molecule has 0 unspecified atom stereocenters. The number of nitrogens with one attached hydrogen (secondary N) is 3. The predicted octanol–water partition coefficient (Wildman–Crippen LogP) is 8.21. The van der Waals surface area contributed by atoms with Gasteiger partial charge < -0.3 is 26.2 Å². The van der Waals surface area contributed by atoms with Gasteiger partial charge in [-0.05, 0) is 75.3 Å². The number of aromatic carboxylic acids is 1. The Kier molecular flexibility index (Phi) is 20.5. The number of carbonyl (C=O) groups is 3. The molecule has 0 spiro atoms. The minimum absolute atomic E-state index is 0.00813. The third kappa shape index (κ3) is 16.3. The minimum Gasteiger partial charge on any atom is -0.507 e. The summed E-state index contributed by atoms with van der Waals surface area (Å²) in [5.74, 6) is -0.724. The predicted molar refractivity (Wildman–Crippen MR) is 180 cm³/mol. The van der Waals surface area contributed by atoms with Crippen molar-refractivity contribution in [3.63, 3.8) is 0 Å². The first-order valence-corrected chi connectivity index (χ1v) is 16.8. The van der Waals surface area contributed by atoms with Gasteiger partial charge in [0.2, 0.25) is 5.91 Å². The topological polar surface area (TPSA) is 128 Å². The number of hydrogen-bond donors (Lipinski definition) is 5. The Labute approximate surface area is 262 Å². The maximum atomic E-state index is 13.0. The van der Waals surface area contributed by atoms with Crippen molar-refractivity contribution >= 4 is 35.4 Å². The number of amides is 3. The quantitative estimate of drug-likeness (QED) is 0.0480. The number of carbonyl (C=O) groups excluding carboxylic acids is 2. The van der Waals surface area contributed by atoms with Crippen molar-refractivity contribution in [2.24, 2.45) is 0 Å². The van der Waals surface area contributed by atoms with Gasteiger partial charge in [-0.15, -0.1) is 11.8 Å². The molecule has 0 heterocycles. The molecule has 0 fully saturated rings. The average molecular weight is 616 g/mol. The Balaban J connectivity index is 2.21. The molecule has 43 heavy (non-hydrogen) atoms. The van der Waals surface area contributed by atoms with Crippen LogP contribution in [0.5, 0.6) is 5.75 Å². The Morgan fingerprint density at radius 1 is 0.814 bits per heavy atom. The Hall–Kier alpha value is -3.20. The number of urea groups is 1. The summed E-state index contributed by atoms with van der Waals surface area (Å²) < 4.78 is -0.477. The standard InChI is InChI=1S/C34H53N3O5S/c1-4-7-8-9-10-11-12-13-14-15-16-17-18-19-20-21-26-43-34(5-2,6-3)32(41)35-24-25-36-33(42)37-28-22-23-30(38)29(27-28)31(39)40/h7-8,10-11,13-14,22-23,27,38H,4-6,9,12,15-21,24-26H2,1-3H3,(H,35,41)(H,39,40)(H2,36,37,42). The van der Waals surface area contributed by atoms with Gasteiger partial charge in [0.1, 0.15) is 11.3 Å². The number of hydrogen-bond acceptors (Lipinski definition) is 5. The van der Waals surface area contributed by atoms with Gasteiger partial charge in [-0.1, -0.05) is 82.9 Å². The van der Waals surface area contributed by atoms with Crippen LogP contribution in [0, 0.1) is 0 Å². The van der Waals surface area contributed by atoms with Gasteiger partial charge in [-0.3, -0.25) is 4.79 Å². The van der Waals surface area contributed by atoms with Crippen LogP contribution in [0.25, 0.3) is 0 Å². The highest BCUT2D eigenvalue weighted by molar-refractivity contribution is 8.01. The maximum absolute atomic E-state index is 13.0. The number of unbranched alkanes of at least 4 members (excludes halogenated alkanes) is 6. The molecule has 5 N–H and O–H groups in total. The molecule has 0 aliphatic rings. The molecule has 0 saturated heterocycles. The van der Waals surface area contributed by atoms with Gasteiger partial charge in [-0.25, -0.2) is 9.59 Å². The second-order valence-electron chi connectivity index (χ2n) is 10.4. The molecule has 8 nitrogen and oxygen atoms in total. The molecule has 0 radical (unpaired) electrons. The lowest BCUT2D eigenvalue weighted by molar-refractivity contribution is -0.123. The van der Waals surface area contributed by atoms with Crippen LogP contribution in [-0.4, -0.2) is 51.7 Å². The summed E-state index contributed by atoms with van der Waals surface area (Å²) in [5.41, 5.74) is -0.0568. The second-order valence-corrected chi connectivity index (χ2v) is 11.9. The lowest BCUT2D eigenvalue weighted by Gasteiger charge is -2.29. The van der Waals surface area contributed by atoms with Crippen LogP contribution in [0.3, 0.4) is 0 Å². The Morgan fingerprint density at radius 2 is 1.42 bits per heavy atom. The molecule has 0 aliphatic carbocycles. The van der Waals surface area contributed by atoms with E-state index in [1.165, 1.54) is 50.3 Å². The van der Waals surface area contributed by atoms with Gasteiger partial charge in [0, 0.05) is 18.8 Å². The number of carboxylic acid groups (broad SMARTS) is 1. The minimum atomic E-state index is -1.29. The van der Waals surface area contributed by atoms with Crippen LogP contribution in [0.1, 0.15) is 108 Å². The molecule has 0 aromatic heterocycles. The number of rotatable bonds is 23. The normalized spacial score (nSPS) is 11.9. The van der Waals surface area contributed by atoms with Crippen molar-refractivity contribution in [1.82, 2.24) is 10.6 Å². The number of carboxylic acids is 1. The summed E-state index contributed by atoms with van der Waals surface area (Å²) in [7, 11) is 0. The number of benzene rings is 1. The van der Waals surface area contributed by atoms with E-state index in [1.54, 1.807) is 11.8 Å². The van der Waals surface area contributed by atoms with Crippen LogP contribution in [0.15, 0.2) is 54.7 Å². The highest BCUT2D eigenvalue weighted by Crippen LogP contribution is 2.34. The monoisotopic (exact) mass is 615 g/mol. The Morgan fingerprint density at radius 3 is 2.07 bits per heavy atom. The maximum Gasteiger partial charge on any atom is 0.339 e. The number of phenols is 1. The summed E-state index contributed by atoms with van der Waals surface area (Å²) in [4.78, 5) is 36.4. The molecule has 240 valence electrons. The molecule has 0 bridgehead atoms. The van der Waals surface area contributed by atoms with Gasteiger partial charge in [0.05, 0.1) is 4.75 Å². The molecule has 0 aliphatic heterocycles. The van der Waals surface area contributed by atoms with Crippen LogP contribution < -0.4 is 16.0 Å². The fourth-order valence-corrected chi connectivity index (χ4v) is 5.83. The first-order chi connectivity index (χ1) is 20.8. The number of thioether (sulfide) groups is 1. The van der Waals surface area contributed by atoms with E-state index in [0.29, 0.717) is 0 Å². The van der Waals surface area contributed by atoms with E-state index in [2.05, 4.69) is 59.3 Å². The van der Waals surface area contributed by atoms with Crippen LogP contribution >= 0.6 is 11.8 Å². The summed E-state index contributed by atoms with van der Waals surface area (Å²) in [6, 6.07) is 3.27. The SMILES string of the molecule is CCC=CCC=CCC=CCCCCCCCCSC(CC)(CC)C(=O)NCCNC(=O)Nc1ccc(O)c(C(=O)O)c1. The van der Waals surface area contributed by atoms with Crippen molar-refractivity contribution in [3.05, 3.63) is 60.2 Å². The van der Waals surface area contributed by atoms with Gasteiger partial charge in [0.15, 0.2) is 0 Å². The molecule has 1 aromatic rings. The van der Waals surface area contributed by atoms with Crippen molar-refractivity contribution < 1.29 is 24.6 Å².